The van der Waals surface area contributed by atoms with Crippen LogP contribution in [-0.4, -0.2) is 33.8 Å². The molecule has 0 aromatic rings. The van der Waals surface area contributed by atoms with Crippen LogP contribution in [0.1, 0.15) is 27.2 Å². The van der Waals surface area contributed by atoms with Crippen LogP contribution in [0.2, 0.25) is 18.1 Å². The zero-order valence-corrected chi connectivity index (χ0v) is 12.0. The molecule has 0 amide bonds. The molecule has 0 heterocycles. The monoisotopic (exact) mass is 246 g/mol. The Kier molecular flexibility index (Phi) is 5.35. The van der Waals surface area contributed by atoms with Gasteiger partial charge in [-0.25, -0.2) is 4.79 Å². The highest BCUT2D eigenvalue weighted by atomic mass is 28.4. The van der Waals surface area contributed by atoms with Crippen LogP contribution in [0.3, 0.4) is 0 Å². The molecule has 5 heteroatoms. The molecule has 0 saturated heterocycles. The van der Waals surface area contributed by atoms with Gasteiger partial charge >= 0.3 is 5.97 Å². The Morgan fingerprint density at radius 1 is 1.38 bits per heavy atom. The Morgan fingerprint density at radius 3 is 2.19 bits per heavy atom. The molecule has 0 aromatic carbocycles. The first-order valence-corrected chi connectivity index (χ1v) is 8.26. The minimum Gasteiger partial charge on any atom is -0.467 e. The van der Waals surface area contributed by atoms with E-state index < -0.39 is 20.4 Å². The van der Waals surface area contributed by atoms with E-state index in [-0.39, 0.29) is 11.5 Å². The minimum atomic E-state index is -2.04. The van der Waals surface area contributed by atoms with Crippen LogP contribution in [-0.2, 0) is 18.8 Å². The van der Waals surface area contributed by atoms with E-state index in [9.17, 15) is 9.59 Å². The first-order chi connectivity index (χ1) is 7.15. The molecule has 0 aliphatic carbocycles. The summed E-state index contributed by atoms with van der Waals surface area (Å²) < 4.78 is 10.5. The summed E-state index contributed by atoms with van der Waals surface area (Å²) in [6, 6.07) is 0. The molecule has 4 nitrogen and oxygen atoms in total. The van der Waals surface area contributed by atoms with Gasteiger partial charge in [-0.15, -0.1) is 0 Å². The largest absolute Gasteiger partial charge is 0.467 e. The first-order valence-electron chi connectivity index (χ1n) is 5.35. The maximum Gasteiger partial charge on any atom is 0.334 e. The van der Waals surface area contributed by atoms with Gasteiger partial charge in [0, 0.05) is 6.42 Å². The lowest BCUT2D eigenvalue weighted by Crippen LogP contribution is -2.46. The third-order valence-electron chi connectivity index (χ3n) is 3.02. The van der Waals surface area contributed by atoms with Crippen molar-refractivity contribution in [3.63, 3.8) is 0 Å². The molecule has 0 fully saturated rings. The molecule has 0 rings (SSSR count). The second-order valence-corrected chi connectivity index (χ2v) is 10.0. The van der Waals surface area contributed by atoms with Crippen molar-refractivity contribution in [3.05, 3.63) is 0 Å². The number of hydrogen-bond acceptors (Lipinski definition) is 4. The fourth-order valence-corrected chi connectivity index (χ4v) is 2.20. The second-order valence-electron chi connectivity index (χ2n) is 5.29. The summed E-state index contributed by atoms with van der Waals surface area (Å²) in [5.41, 5.74) is 0. The highest BCUT2D eigenvalue weighted by Crippen LogP contribution is 2.37. The molecule has 1 unspecified atom stereocenters. The van der Waals surface area contributed by atoms with Crippen molar-refractivity contribution in [3.8, 4) is 0 Å². The maximum absolute atomic E-state index is 11.4. The smallest absolute Gasteiger partial charge is 0.334 e. The number of aldehydes is 1. The van der Waals surface area contributed by atoms with Gasteiger partial charge in [0.05, 0.1) is 7.11 Å². The van der Waals surface area contributed by atoms with E-state index in [0.717, 1.165) is 0 Å². The lowest BCUT2D eigenvalue weighted by atomic mass is 10.2. The van der Waals surface area contributed by atoms with Gasteiger partial charge in [0.25, 0.3) is 0 Å². The molecule has 0 aliphatic heterocycles. The van der Waals surface area contributed by atoms with E-state index >= 15 is 0 Å². The summed E-state index contributed by atoms with van der Waals surface area (Å²) in [6.07, 6.45) is -0.0168. The van der Waals surface area contributed by atoms with Gasteiger partial charge in [0.15, 0.2) is 8.32 Å². The number of hydrogen-bond donors (Lipinski definition) is 0. The van der Waals surface area contributed by atoms with Gasteiger partial charge < -0.3 is 14.0 Å². The zero-order chi connectivity index (χ0) is 13.0. The Hall–Kier alpha value is -0.683. The third-order valence-corrected chi connectivity index (χ3v) is 7.50. The predicted molar refractivity (Wildman–Crippen MR) is 64.8 cm³/mol. The Bertz CT molecular complexity index is 255. The topological polar surface area (TPSA) is 52.6 Å². The quantitative estimate of drug-likeness (QED) is 0.424. The Labute approximate surface area is 98.4 Å². The average molecular weight is 246 g/mol. The maximum atomic E-state index is 11.4. The number of ether oxygens (including phenoxy) is 1. The highest BCUT2D eigenvalue weighted by Gasteiger charge is 2.40. The number of rotatable bonds is 5. The molecular formula is C11H22O4Si. The fourth-order valence-electron chi connectivity index (χ4n) is 0.944. The standard InChI is InChI=1S/C11H22O4Si/c1-11(2,3)16(5,6)15-9(7-8-12)10(13)14-4/h8-9H,7H2,1-6H3. The van der Waals surface area contributed by atoms with E-state index in [1.807, 2.05) is 13.1 Å². The minimum absolute atomic E-state index is 0.00214. The van der Waals surface area contributed by atoms with E-state index in [2.05, 4.69) is 25.5 Å². The molecule has 16 heavy (non-hydrogen) atoms. The number of methoxy groups -OCH3 is 1. The van der Waals surface area contributed by atoms with Crippen molar-refractivity contribution in [2.24, 2.45) is 0 Å². The second kappa shape index (κ2) is 5.59. The molecule has 0 saturated carbocycles. The molecule has 0 aromatic heterocycles. The van der Waals surface area contributed by atoms with Crippen LogP contribution < -0.4 is 0 Å². The average Bonchev–Trinajstić information content (AvgIpc) is 2.14. The summed E-state index contributed by atoms with van der Waals surface area (Å²) in [6.45, 7) is 10.3. The zero-order valence-electron chi connectivity index (χ0n) is 11.0. The van der Waals surface area contributed by atoms with Gasteiger partial charge in [-0.1, -0.05) is 20.8 Å². The van der Waals surface area contributed by atoms with Gasteiger partial charge in [0.1, 0.15) is 12.4 Å². The van der Waals surface area contributed by atoms with Crippen molar-refractivity contribution in [1.29, 1.82) is 0 Å². The summed E-state index contributed by atoms with van der Waals surface area (Å²) >= 11 is 0. The molecular weight excluding hydrogens is 224 g/mol. The molecule has 1 atom stereocenters. The van der Waals surface area contributed by atoms with Crippen LogP contribution >= 0.6 is 0 Å². The lowest BCUT2D eigenvalue weighted by Gasteiger charge is -2.38. The van der Waals surface area contributed by atoms with Gasteiger partial charge in [-0.05, 0) is 18.1 Å². The molecule has 0 radical (unpaired) electrons. The van der Waals surface area contributed by atoms with Crippen LogP contribution in [0.4, 0.5) is 0 Å². The lowest BCUT2D eigenvalue weighted by molar-refractivity contribution is -0.150. The molecule has 94 valence electrons. The van der Waals surface area contributed by atoms with Crippen LogP contribution in [0.25, 0.3) is 0 Å². The first kappa shape index (κ1) is 15.3. The summed E-state index contributed by atoms with van der Waals surface area (Å²) in [4.78, 5) is 21.9. The molecule has 0 bridgehead atoms. The van der Waals surface area contributed by atoms with Crippen molar-refractivity contribution in [2.75, 3.05) is 7.11 Å². The summed E-state index contributed by atoms with van der Waals surface area (Å²) in [5, 5.41) is 0.00214. The fraction of sp³-hybridized carbons (Fsp3) is 0.818. The number of esters is 1. The van der Waals surface area contributed by atoms with Crippen LogP contribution in [0.15, 0.2) is 0 Å². The summed E-state index contributed by atoms with van der Waals surface area (Å²) in [7, 11) is -0.743. The van der Waals surface area contributed by atoms with E-state index in [1.54, 1.807) is 0 Å². The molecule has 0 aliphatic rings. The van der Waals surface area contributed by atoms with Crippen molar-refractivity contribution in [1.82, 2.24) is 0 Å². The van der Waals surface area contributed by atoms with E-state index in [4.69, 9.17) is 4.43 Å². The van der Waals surface area contributed by atoms with E-state index in [1.165, 1.54) is 7.11 Å². The van der Waals surface area contributed by atoms with Gasteiger partial charge in [0.2, 0.25) is 0 Å². The normalized spacial score (nSPS) is 14.4. The van der Waals surface area contributed by atoms with Crippen molar-refractivity contribution < 1.29 is 18.8 Å². The van der Waals surface area contributed by atoms with Gasteiger partial charge in [-0.2, -0.15) is 0 Å². The van der Waals surface area contributed by atoms with Crippen LogP contribution in [0, 0.1) is 0 Å². The molecule has 0 N–H and O–H groups in total. The van der Waals surface area contributed by atoms with Crippen molar-refractivity contribution in [2.45, 2.75) is 51.4 Å². The predicted octanol–water partition coefficient (Wildman–Crippen LogP) is 2.14. The number of carbonyl (C=O) groups excluding carboxylic acids is 2. The third kappa shape index (κ3) is 4.06. The Balaban J connectivity index is 4.75. The SMILES string of the molecule is COC(=O)C(CC=O)O[Si](C)(C)C(C)(C)C. The highest BCUT2D eigenvalue weighted by molar-refractivity contribution is 6.74. The number of carbonyl (C=O) groups is 2. The summed E-state index contributed by atoms with van der Waals surface area (Å²) in [5.74, 6) is -0.475. The Morgan fingerprint density at radius 2 is 1.88 bits per heavy atom. The van der Waals surface area contributed by atoms with Crippen LogP contribution in [0.5, 0.6) is 0 Å². The van der Waals surface area contributed by atoms with Crippen molar-refractivity contribution >= 4 is 20.6 Å². The van der Waals surface area contributed by atoms with E-state index in [0.29, 0.717) is 6.29 Å². The molecule has 0 spiro atoms. The van der Waals surface area contributed by atoms with Gasteiger partial charge in [-0.3, -0.25) is 0 Å².